The number of hydrogen-bond donors (Lipinski definition) is 0. The second kappa shape index (κ2) is 32.8. The van der Waals surface area contributed by atoms with Gasteiger partial charge in [-0.15, -0.1) is 0 Å². The summed E-state index contributed by atoms with van der Waals surface area (Å²) in [5, 5.41) is 4.91. The second-order valence-corrected chi connectivity index (χ2v) is 29.8. The Morgan fingerprint density at radius 1 is 0.219 bits per heavy atom. The highest BCUT2D eigenvalue weighted by atomic mass is 79.9. The van der Waals surface area contributed by atoms with E-state index in [0.29, 0.717) is 34.9 Å². The highest BCUT2D eigenvalue weighted by Crippen LogP contribution is 2.42. The van der Waals surface area contributed by atoms with E-state index in [1.807, 2.05) is 152 Å². The summed E-state index contributed by atoms with van der Waals surface area (Å²) in [4.78, 5) is 38.4. The summed E-state index contributed by atoms with van der Waals surface area (Å²) < 4.78 is 13.6. The molecule has 1 aliphatic rings. The molecule has 4 aromatic heterocycles. The monoisotopic (exact) mass is 1530 g/mol. The van der Waals surface area contributed by atoms with Gasteiger partial charge in [-0.3, -0.25) is 9.97 Å². The SMILES string of the molecule is Brc1ccc(-c2ccc(-c3cccnc3)cc2)c2ccccc12.CC1(C)OB(c2ccc(-c3nc(-c4ccccc4)nc(-c4ccccc4-c4ccccc4)n3)cc2)OC1(C)C.c1ccc(-c2nc(-c3ccc(-c4ccc(-c5ccc(-c6cccnc6)cc5)c5ccccc45)cc3)nc(-c3ccccc3-c3ccccc3)n2)cc1. The first kappa shape index (κ1) is 73.2. The van der Waals surface area contributed by atoms with Crippen molar-refractivity contribution in [3.05, 3.63) is 393 Å². The Bertz CT molecular complexity index is 6380. The van der Waals surface area contributed by atoms with Gasteiger partial charge in [-0.25, -0.2) is 29.9 Å². The molecule has 1 fully saturated rings. The fraction of sp³-hybridized carbons (Fsp3) is 0.0588. The quantitative estimate of drug-likeness (QED) is 0.0973. The van der Waals surface area contributed by atoms with E-state index in [-0.39, 0.29) is 0 Å². The van der Waals surface area contributed by atoms with Crippen LogP contribution in [0.4, 0.5) is 0 Å². The number of benzene rings is 14. The van der Waals surface area contributed by atoms with Crippen molar-refractivity contribution in [2.45, 2.75) is 38.9 Å². The number of fused-ring (bicyclic) bond motifs is 2. The molecule has 14 aromatic carbocycles. The molecule has 546 valence electrons. The zero-order valence-corrected chi connectivity index (χ0v) is 64.9. The summed E-state index contributed by atoms with van der Waals surface area (Å²) >= 11 is 3.64. The molecule has 1 saturated heterocycles. The molecule has 0 radical (unpaired) electrons. The lowest BCUT2D eigenvalue weighted by atomic mass is 9.79. The van der Waals surface area contributed by atoms with E-state index >= 15 is 0 Å². The van der Waals surface area contributed by atoms with Crippen LogP contribution in [0.2, 0.25) is 0 Å². The summed E-state index contributed by atoms with van der Waals surface area (Å²) in [5.41, 5.74) is 21.9. The molecular formula is C102H76BBrN8O2. The Morgan fingerprint density at radius 3 is 0.851 bits per heavy atom. The van der Waals surface area contributed by atoms with E-state index < -0.39 is 18.3 Å². The van der Waals surface area contributed by atoms with E-state index in [2.05, 4.69) is 278 Å². The molecule has 0 saturated carbocycles. The first-order valence-corrected chi connectivity index (χ1v) is 38.9. The molecule has 114 heavy (non-hydrogen) atoms. The number of rotatable bonds is 14. The number of nitrogens with zero attached hydrogens (tertiary/aromatic N) is 8. The molecule has 0 aliphatic carbocycles. The zero-order chi connectivity index (χ0) is 77.4. The average molecular weight is 1540 g/mol. The van der Waals surface area contributed by atoms with Gasteiger partial charge < -0.3 is 9.31 Å². The number of pyridine rings is 2. The number of halogens is 1. The largest absolute Gasteiger partial charge is 0.494 e. The van der Waals surface area contributed by atoms with Crippen LogP contribution in [0.25, 0.3) is 168 Å². The first-order valence-electron chi connectivity index (χ1n) is 38.1. The van der Waals surface area contributed by atoms with E-state index in [1.54, 1.807) is 12.4 Å². The van der Waals surface area contributed by atoms with Gasteiger partial charge in [0.2, 0.25) is 0 Å². The fourth-order valence-corrected chi connectivity index (χ4v) is 14.9. The van der Waals surface area contributed by atoms with E-state index in [1.165, 1.54) is 54.9 Å². The van der Waals surface area contributed by atoms with Gasteiger partial charge in [0, 0.05) is 62.6 Å². The van der Waals surface area contributed by atoms with Gasteiger partial charge in [-0.05, 0) is 151 Å². The molecular weight excluding hydrogens is 1460 g/mol. The second-order valence-electron chi connectivity index (χ2n) is 28.9. The zero-order valence-electron chi connectivity index (χ0n) is 63.3. The Kier molecular flexibility index (Phi) is 21.0. The normalized spacial score (nSPS) is 12.7. The van der Waals surface area contributed by atoms with Gasteiger partial charge in [-0.2, -0.15) is 0 Å². The van der Waals surface area contributed by atoms with Crippen molar-refractivity contribution < 1.29 is 9.31 Å². The topological polar surface area (TPSA) is 122 Å². The van der Waals surface area contributed by atoms with Crippen LogP contribution in [0.3, 0.4) is 0 Å². The van der Waals surface area contributed by atoms with Crippen LogP contribution < -0.4 is 5.46 Å². The minimum Gasteiger partial charge on any atom is -0.399 e. The molecule has 0 amide bonds. The molecule has 0 spiro atoms. The van der Waals surface area contributed by atoms with Crippen molar-refractivity contribution in [2.24, 2.45) is 0 Å². The first-order chi connectivity index (χ1) is 55.9. The predicted molar refractivity (Wildman–Crippen MR) is 471 cm³/mol. The van der Waals surface area contributed by atoms with Crippen LogP contribution >= 0.6 is 15.9 Å². The summed E-state index contributed by atoms with van der Waals surface area (Å²) in [6.07, 6.45) is 7.39. The van der Waals surface area contributed by atoms with Gasteiger partial charge in [0.15, 0.2) is 34.9 Å². The van der Waals surface area contributed by atoms with Crippen LogP contribution in [0.15, 0.2) is 393 Å². The van der Waals surface area contributed by atoms with Crippen LogP contribution in [0.5, 0.6) is 0 Å². The Balaban J connectivity index is 0.000000133. The van der Waals surface area contributed by atoms with Gasteiger partial charge in [0.1, 0.15) is 0 Å². The van der Waals surface area contributed by atoms with Crippen molar-refractivity contribution in [2.75, 3.05) is 0 Å². The Labute approximate surface area is 673 Å². The molecule has 19 rings (SSSR count). The third-order valence-electron chi connectivity index (χ3n) is 21.2. The molecule has 0 bridgehead atoms. The molecule has 0 N–H and O–H groups in total. The van der Waals surface area contributed by atoms with Crippen LogP contribution in [-0.2, 0) is 9.31 Å². The van der Waals surface area contributed by atoms with Crippen LogP contribution in [0, 0.1) is 0 Å². The lowest BCUT2D eigenvalue weighted by Crippen LogP contribution is -2.41. The number of aromatic nitrogens is 8. The predicted octanol–water partition coefficient (Wildman–Crippen LogP) is 25.3. The minimum absolute atomic E-state index is 0.393. The minimum atomic E-state index is -0.421. The lowest BCUT2D eigenvalue weighted by molar-refractivity contribution is 0.00578. The highest BCUT2D eigenvalue weighted by molar-refractivity contribution is 9.10. The summed E-state index contributed by atoms with van der Waals surface area (Å²) in [6, 6.07) is 125. The van der Waals surface area contributed by atoms with E-state index in [0.717, 1.165) is 87.8 Å². The maximum Gasteiger partial charge on any atom is 0.494 e. The molecule has 1 aliphatic heterocycles. The Morgan fingerprint density at radius 2 is 0.482 bits per heavy atom. The molecule has 18 aromatic rings. The van der Waals surface area contributed by atoms with Crippen molar-refractivity contribution in [1.82, 2.24) is 39.9 Å². The highest BCUT2D eigenvalue weighted by Gasteiger charge is 2.51. The van der Waals surface area contributed by atoms with Crippen LogP contribution in [-0.4, -0.2) is 58.2 Å². The third-order valence-corrected chi connectivity index (χ3v) is 21.9. The molecule has 0 atom stereocenters. The van der Waals surface area contributed by atoms with Gasteiger partial charge in [-0.1, -0.05) is 362 Å². The fourth-order valence-electron chi connectivity index (χ4n) is 14.4. The standard InChI is InChI=1S/C48H32N4.C33H30BN3O2.C21H14BrN/c1-3-12-34(13-4-1)40-17-7-10-20-45(40)48-51-46(37-14-5-2-6-15-37)50-47(52-48)38-27-25-36(26-28-38)42-30-29-41(43-18-8-9-19-44(42)43)35-23-21-33(22-24-35)39-16-11-31-49-32-39;1-32(2)33(3,4)39-34(38-32)26-21-19-25(20-22-26)30-35-29(24-15-9-6-10-16-24)36-31(37-30)28-18-12-11-17-27(28)23-13-7-5-8-14-23;22-21-12-11-18(19-5-1-2-6-20(19)21)16-9-7-15(8-10-16)17-4-3-13-23-14-17/h1-32H;5-22H,1-4H3;1-14H. The molecule has 0 unspecified atom stereocenters. The van der Waals surface area contributed by atoms with Gasteiger partial charge in [0.05, 0.1) is 11.2 Å². The van der Waals surface area contributed by atoms with Crippen molar-refractivity contribution in [3.8, 4) is 146 Å². The van der Waals surface area contributed by atoms with Crippen molar-refractivity contribution >= 4 is 50.1 Å². The average Bonchev–Trinajstić information content (AvgIpc) is 1.50. The maximum atomic E-state index is 6.24. The van der Waals surface area contributed by atoms with Crippen molar-refractivity contribution in [3.63, 3.8) is 0 Å². The molecule has 12 heteroatoms. The van der Waals surface area contributed by atoms with Crippen molar-refractivity contribution in [1.29, 1.82) is 0 Å². The molecule has 10 nitrogen and oxygen atoms in total. The van der Waals surface area contributed by atoms with E-state index in [4.69, 9.17) is 39.2 Å². The molecule has 5 heterocycles. The lowest BCUT2D eigenvalue weighted by Gasteiger charge is -2.32. The maximum absolute atomic E-state index is 6.24. The number of hydrogen-bond acceptors (Lipinski definition) is 10. The Hall–Kier alpha value is -13.6. The van der Waals surface area contributed by atoms with Crippen LogP contribution in [0.1, 0.15) is 27.7 Å². The summed E-state index contributed by atoms with van der Waals surface area (Å²) in [5.74, 6) is 3.79. The van der Waals surface area contributed by atoms with Gasteiger partial charge in [0.25, 0.3) is 0 Å². The summed E-state index contributed by atoms with van der Waals surface area (Å²) in [7, 11) is -0.421. The van der Waals surface area contributed by atoms with Gasteiger partial charge >= 0.3 is 7.12 Å². The smallest absolute Gasteiger partial charge is 0.399 e. The third kappa shape index (κ3) is 15.8. The summed E-state index contributed by atoms with van der Waals surface area (Å²) in [6.45, 7) is 8.25. The van der Waals surface area contributed by atoms with E-state index in [9.17, 15) is 0 Å².